The second-order valence-electron chi connectivity index (χ2n) is 7.94. The molecule has 0 saturated heterocycles. The molecular weight excluding hydrogens is 336 g/mol. The van der Waals surface area contributed by atoms with E-state index in [1.807, 2.05) is 0 Å². The average Bonchev–Trinajstić information content (AvgIpc) is 2.53. The van der Waals surface area contributed by atoms with Crippen molar-refractivity contribution in [2.24, 2.45) is 23.1 Å². The van der Waals surface area contributed by atoms with Crippen molar-refractivity contribution in [2.75, 3.05) is 6.54 Å². The van der Waals surface area contributed by atoms with E-state index in [2.05, 4.69) is 0 Å². The van der Waals surface area contributed by atoms with Crippen LogP contribution in [0.25, 0.3) is 0 Å². The van der Waals surface area contributed by atoms with E-state index in [1.54, 1.807) is 20.8 Å². The SMILES string of the molecule is CC(C)(C)OC(=O)N(C(=O)C(N)CCCCN)C1CCCCC1C(N)=O. The third-order valence-corrected chi connectivity index (χ3v) is 4.54. The number of imide groups is 1. The Kier molecular flexibility index (Phi) is 8.49. The molecule has 1 saturated carbocycles. The first kappa shape index (κ1) is 22.4. The van der Waals surface area contributed by atoms with Gasteiger partial charge in [-0.15, -0.1) is 0 Å². The number of carbonyl (C=O) groups excluding carboxylic acids is 3. The van der Waals surface area contributed by atoms with Crippen LogP contribution in [0.15, 0.2) is 0 Å². The molecule has 0 radical (unpaired) electrons. The van der Waals surface area contributed by atoms with Crippen LogP contribution in [0.1, 0.15) is 65.7 Å². The van der Waals surface area contributed by atoms with E-state index in [0.717, 1.165) is 24.2 Å². The Balaban J connectivity index is 3.06. The zero-order chi connectivity index (χ0) is 19.9. The Labute approximate surface area is 155 Å². The quantitative estimate of drug-likeness (QED) is 0.576. The number of nitrogens with two attached hydrogens (primary N) is 3. The molecule has 3 unspecified atom stereocenters. The highest BCUT2D eigenvalue weighted by Gasteiger charge is 2.42. The van der Waals surface area contributed by atoms with Crippen LogP contribution in [0.3, 0.4) is 0 Å². The summed E-state index contributed by atoms with van der Waals surface area (Å²) in [5, 5.41) is 0. The first-order valence-corrected chi connectivity index (χ1v) is 9.39. The average molecular weight is 370 g/mol. The molecule has 0 aliphatic heterocycles. The van der Waals surface area contributed by atoms with E-state index in [0.29, 0.717) is 32.2 Å². The smallest absolute Gasteiger partial charge is 0.417 e. The number of nitrogens with zero attached hydrogens (tertiary/aromatic N) is 1. The Morgan fingerprint density at radius 2 is 1.77 bits per heavy atom. The van der Waals surface area contributed by atoms with Crippen LogP contribution < -0.4 is 17.2 Å². The highest BCUT2D eigenvalue weighted by molar-refractivity contribution is 5.96. The topological polar surface area (TPSA) is 142 Å². The van der Waals surface area contributed by atoms with Gasteiger partial charge in [0, 0.05) is 0 Å². The summed E-state index contributed by atoms with van der Waals surface area (Å²) in [7, 11) is 0. The Morgan fingerprint density at radius 1 is 1.15 bits per heavy atom. The number of hydrogen-bond acceptors (Lipinski definition) is 6. The van der Waals surface area contributed by atoms with Gasteiger partial charge >= 0.3 is 6.09 Å². The normalized spacial score (nSPS) is 21.7. The van der Waals surface area contributed by atoms with Crippen molar-refractivity contribution in [3.05, 3.63) is 0 Å². The van der Waals surface area contributed by atoms with Crippen molar-refractivity contribution >= 4 is 17.9 Å². The van der Waals surface area contributed by atoms with E-state index in [1.165, 1.54) is 0 Å². The lowest BCUT2D eigenvalue weighted by Crippen LogP contribution is -2.57. The summed E-state index contributed by atoms with van der Waals surface area (Å²) in [5.74, 6) is -1.60. The summed E-state index contributed by atoms with van der Waals surface area (Å²) in [5.41, 5.74) is 16.3. The molecule has 6 N–H and O–H groups in total. The van der Waals surface area contributed by atoms with Crippen molar-refractivity contribution in [3.8, 4) is 0 Å². The van der Waals surface area contributed by atoms with Gasteiger partial charge in [0.15, 0.2) is 0 Å². The fraction of sp³-hybridized carbons (Fsp3) is 0.833. The summed E-state index contributed by atoms with van der Waals surface area (Å²) >= 11 is 0. The molecule has 3 atom stereocenters. The lowest BCUT2D eigenvalue weighted by molar-refractivity contribution is -0.138. The van der Waals surface area contributed by atoms with E-state index < -0.39 is 41.5 Å². The zero-order valence-electron chi connectivity index (χ0n) is 16.2. The molecule has 8 nitrogen and oxygen atoms in total. The third-order valence-electron chi connectivity index (χ3n) is 4.54. The van der Waals surface area contributed by atoms with Crippen molar-refractivity contribution in [1.82, 2.24) is 4.90 Å². The fourth-order valence-electron chi connectivity index (χ4n) is 3.26. The molecule has 0 aromatic heterocycles. The number of carbonyl (C=O) groups is 3. The minimum Gasteiger partial charge on any atom is -0.443 e. The van der Waals surface area contributed by atoms with Crippen LogP contribution in [0.5, 0.6) is 0 Å². The maximum atomic E-state index is 12.9. The number of unbranched alkanes of at least 4 members (excludes halogenated alkanes) is 1. The number of hydrogen-bond donors (Lipinski definition) is 3. The van der Waals surface area contributed by atoms with Crippen molar-refractivity contribution in [2.45, 2.75) is 83.4 Å². The summed E-state index contributed by atoms with van der Waals surface area (Å²) in [4.78, 5) is 38.6. The van der Waals surface area contributed by atoms with Gasteiger partial charge in [0.05, 0.1) is 18.0 Å². The van der Waals surface area contributed by atoms with Gasteiger partial charge in [-0.2, -0.15) is 0 Å². The van der Waals surface area contributed by atoms with Gasteiger partial charge < -0.3 is 21.9 Å². The first-order valence-electron chi connectivity index (χ1n) is 9.39. The number of amides is 3. The fourth-order valence-corrected chi connectivity index (χ4v) is 3.26. The lowest BCUT2D eigenvalue weighted by atomic mass is 9.83. The minimum absolute atomic E-state index is 0.420. The highest BCUT2D eigenvalue weighted by Crippen LogP contribution is 2.30. The second kappa shape index (κ2) is 9.87. The van der Waals surface area contributed by atoms with Gasteiger partial charge in [0.2, 0.25) is 11.8 Å². The Bertz CT molecular complexity index is 504. The molecule has 0 bridgehead atoms. The zero-order valence-corrected chi connectivity index (χ0v) is 16.2. The van der Waals surface area contributed by atoms with Crippen molar-refractivity contribution in [1.29, 1.82) is 0 Å². The van der Waals surface area contributed by atoms with Crippen LogP contribution in [-0.2, 0) is 14.3 Å². The van der Waals surface area contributed by atoms with Gasteiger partial charge in [-0.1, -0.05) is 19.3 Å². The van der Waals surface area contributed by atoms with Gasteiger partial charge in [-0.05, 0) is 53.0 Å². The lowest BCUT2D eigenvalue weighted by Gasteiger charge is -2.38. The van der Waals surface area contributed by atoms with Crippen molar-refractivity contribution < 1.29 is 19.1 Å². The molecule has 0 heterocycles. The van der Waals surface area contributed by atoms with Crippen LogP contribution in [-0.4, -0.2) is 47.0 Å². The highest BCUT2D eigenvalue weighted by atomic mass is 16.6. The van der Waals surface area contributed by atoms with Crippen LogP contribution in [0.4, 0.5) is 4.79 Å². The Hall–Kier alpha value is -1.67. The number of ether oxygens (including phenoxy) is 1. The van der Waals surface area contributed by atoms with E-state index in [9.17, 15) is 14.4 Å². The largest absolute Gasteiger partial charge is 0.443 e. The van der Waals surface area contributed by atoms with E-state index in [-0.39, 0.29) is 0 Å². The van der Waals surface area contributed by atoms with Crippen LogP contribution in [0.2, 0.25) is 0 Å². The predicted octanol–water partition coefficient (Wildman–Crippen LogP) is 1.25. The standard InChI is InChI=1S/C18H34N4O4/c1-18(2,3)26-17(25)22(16(24)13(20)9-6-7-11-19)14-10-5-4-8-12(14)15(21)23/h12-14H,4-11,19-20H2,1-3H3,(H2,21,23). The molecule has 1 rings (SSSR count). The monoisotopic (exact) mass is 370 g/mol. The molecule has 0 aromatic carbocycles. The molecule has 1 aliphatic carbocycles. The number of rotatable bonds is 7. The van der Waals surface area contributed by atoms with Crippen molar-refractivity contribution in [3.63, 3.8) is 0 Å². The second-order valence-corrected chi connectivity index (χ2v) is 7.94. The van der Waals surface area contributed by atoms with E-state index in [4.69, 9.17) is 21.9 Å². The van der Waals surface area contributed by atoms with Gasteiger partial charge in [-0.3, -0.25) is 9.59 Å². The predicted molar refractivity (Wildman–Crippen MR) is 98.9 cm³/mol. The first-order chi connectivity index (χ1) is 12.1. The maximum absolute atomic E-state index is 12.9. The molecule has 1 aliphatic rings. The third kappa shape index (κ3) is 6.57. The molecule has 3 amide bonds. The molecular formula is C18H34N4O4. The van der Waals surface area contributed by atoms with Gasteiger partial charge in [-0.25, -0.2) is 9.69 Å². The Morgan fingerprint density at radius 3 is 2.31 bits per heavy atom. The molecule has 8 heteroatoms. The number of primary amides is 1. The van der Waals surface area contributed by atoms with E-state index >= 15 is 0 Å². The summed E-state index contributed by atoms with van der Waals surface area (Å²) < 4.78 is 5.42. The molecule has 1 fully saturated rings. The van der Waals surface area contributed by atoms with Crippen LogP contribution >= 0.6 is 0 Å². The molecule has 0 aromatic rings. The minimum atomic E-state index is -0.843. The maximum Gasteiger partial charge on any atom is 0.417 e. The van der Waals surface area contributed by atoms with Gasteiger partial charge in [0.25, 0.3) is 0 Å². The summed E-state index contributed by atoms with van der Waals surface area (Å²) in [6, 6.07) is -1.45. The summed E-state index contributed by atoms with van der Waals surface area (Å²) in [6.07, 6.45) is 3.81. The van der Waals surface area contributed by atoms with Crippen LogP contribution in [0, 0.1) is 5.92 Å². The molecule has 0 spiro atoms. The molecule has 26 heavy (non-hydrogen) atoms. The summed E-state index contributed by atoms with van der Waals surface area (Å²) in [6.45, 7) is 5.69. The van der Waals surface area contributed by atoms with Gasteiger partial charge in [0.1, 0.15) is 5.60 Å². The molecule has 150 valence electrons.